The van der Waals surface area contributed by atoms with Gasteiger partial charge in [-0.3, -0.25) is 9.52 Å². The first-order valence-electron chi connectivity index (χ1n) is 9.92. The van der Waals surface area contributed by atoms with Crippen LogP contribution in [0.3, 0.4) is 0 Å². The number of anilines is 2. The predicted octanol–water partition coefficient (Wildman–Crippen LogP) is 4.34. The van der Waals surface area contributed by atoms with Gasteiger partial charge in [-0.05, 0) is 54.4 Å². The SMILES string of the molecule is Cc1ccc(NC(=O)c2ccc(Cn3cncn3)cc2)cc1S(=O)(=O)Nc1ccccc1Cl. The van der Waals surface area contributed by atoms with E-state index in [1.54, 1.807) is 66.5 Å². The van der Waals surface area contributed by atoms with Crippen molar-refractivity contribution in [1.29, 1.82) is 0 Å². The highest BCUT2D eigenvalue weighted by molar-refractivity contribution is 7.92. The maximum Gasteiger partial charge on any atom is 0.262 e. The van der Waals surface area contributed by atoms with Crippen LogP contribution in [0.5, 0.6) is 0 Å². The number of aromatic nitrogens is 3. The molecule has 0 fully saturated rings. The average Bonchev–Trinajstić information content (AvgIpc) is 3.30. The Labute approximate surface area is 196 Å². The average molecular weight is 482 g/mol. The molecule has 4 aromatic rings. The van der Waals surface area contributed by atoms with Crippen LogP contribution in [0.25, 0.3) is 0 Å². The molecular formula is C23H20ClN5O3S. The third-order valence-corrected chi connectivity index (χ3v) is 6.72. The molecule has 1 aromatic heterocycles. The fourth-order valence-corrected chi connectivity index (χ4v) is 4.77. The second kappa shape index (κ2) is 9.43. The van der Waals surface area contributed by atoms with E-state index >= 15 is 0 Å². The molecule has 0 unspecified atom stereocenters. The van der Waals surface area contributed by atoms with Gasteiger partial charge in [-0.15, -0.1) is 0 Å². The summed E-state index contributed by atoms with van der Waals surface area (Å²) >= 11 is 6.08. The number of para-hydroxylation sites is 1. The summed E-state index contributed by atoms with van der Waals surface area (Å²) < 4.78 is 30.1. The van der Waals surface area contributed by atoms with E-state index in [0.717, 1.165) is 5.56 Å². The monoisotopic (exact) mass is 481 g/mol. The summed E-state index contributed by atoms with van der Waals surface area (Å²) in [6.07, 6.45) is 3.08. The lowest BCUT2D eigenvalue weighted by molar-refractivity contribution is 0.102. The quantitative estimate of drug-likeness (QED) is 0.408. The molecule has 1 heterocycles. The molecule has 0 atom stereocenters. The number of nitrogens with zero attached hydrogens (tertiary/aromatic N) is 3. The van der Waals surface area contributed by atoms with Crippen LogP contribution in [-0.2, 0) is 16.6 Å². The summed E-state index contributed by atoms with van der Waals surface area (Å²) in [6, 6.07) is 18.3. The highest BCUT2D eigenvalue weighted by Gasteiger charge is 2.19. The van der Waals surface area contributed by atoms with E-state index in [2.05, 4.69) is 20.1 Å². The number of aryl methyl sites for hydroxylation is 1. The van der Waals surface area contributed by atoms with Gasteiger partial charge in [-0.1, -0.05) is 41.9 Å². The Bertz CT molecular complexity index is 1390. The van der Waals surface area contributed by atoms with Crippen molar-refractivity contribution >= 4 is 38.9 Å². The highest BCUT2D eigenvalue weighted by atomic mass is 35.5. The summed E-state index contributed by atoms with van der Waals surface area (Å²) in [5, 5.41) is 7.10. The van der Waals surface area contributed by atoms with Crippen molar-refractivity contribution in [1.82, 2.24) is 14.8 Å². The molecule has 0 radical (unpaired) electrons. The van der Waals surface area contributed by atoms with Gasteiger partial charge in [-0.25, -0.2) is 18.1 Å². The third kappa shape index (κ3) is 5.39. The number of amides is 1. The molecule has 0 saturated heterocycles. The smallest absolute Gasteiger partial charge is 0.262 e. The van der Waals surface area contributed by atoms with Crippen LogP contribution in [0.2, 0.25) is 5.02 Å². The van der Waals surface area contributed by atoms with Gasteiger partial charge in [0.1, 0.15) is 12.7 Å². The zero-order valence-electron chi connectivity index (χ0n) is 17.6. The standard InChI is InChI=1S/C23H20ClN5O3S/c1-16-6-11-19(12-22(16)33(31,32)28-21-5-3-2-4-20(21)24)27-23(30)18-9-7-17(8-10-18)13-29-15-25-14-26-29/h2-12,14-15,28H,13H2,1H3,(H,27,30). The van der Waals surface area contributed by atoms with Gasteiger partial charge in [0.2, 0.25) is 0 Å². The minimum Gasteiger partial charge on any atom is -0.322 e. The number of nitrogens with one attached hydrogen (secondary N) is 2. The van der Waals surface area contributed by atoms with Crippen LogP contribution in [0.4, 0.5) is 11.4 Å². The van der Waals surface area contributed by atoms with E-state index in [-0.39, 0.29) is 21.5 Å². The van der Waals surface area contributed by atoms with Crippen molar-refractivity contribution in [2.24, 2.45) is 0 Å². The molecule has 33 heavy (non-hydrogen) atoms. The first-order chi connectivity index (χ1) is 15.8. The second-order valence-electron chi connectivity index (χ2n) is 7.31. The summed E-state index contributed by atoms with van der Waals surface area (Å²) in [7, 11) is -3.92. The zero-order chi connectivity index (χ0) is 23.4. The molecule has 8 nitrogen and oxygen atoms in total. The molecule has 0 aliphatic rings. The molecule has 3 aromatic carbocycles. The maximum atomic E-state index is 13.0. The zero-order valence-corrected chi connectivity index (χ0v) is 19.1. The number of carbonyl (C=O) groups excluding carboxylic acids is 1. The van der Waals surface area contributed by atoms with Crippen LogP contribution >= 0.6 is 11.6 Å². The Morgan fingerprint density at radius 3 is 2.52 bits per heavy atom. The lowest BCUT2D eigenvalue weighted by Crippen LogP contribution is -2.16. The molecule has 168 valence electrons. The predicted molar refractivity (Wildman–Crippen MR) is 127 cm³/mol. The van der Waals surface area contributed by atoms with Gasteiger partial charge in [0.15, 0.2) is 0 Å². The first-order valence-corrected chi connectivity index (χ1v) is 11.8. The van der Waals surface area contributed by atoms with E-state index in [1.807, 2.05) is 12.1 Å². The fourth-order valence-electron chi connectivity index (χ4n) is 3.18. The summed E-state index contributed by atoms with van der Waals surface area (Å²) in [5.74, 6) is -0.353. The van der Waals surface area contributed by atoms with Crippen LogP contribution in [0, 0.1) is 6.92 Å². The lowest BCUT2D eigenvalue weighted by Gasteiger charge is -2.13. The highest BCUT2D eigenvalue weighted by Crippen LogP contribution is 2.27. The number of hydrogen-bond acceptors (Lipinski definition) is 5. The van der Waals surface area contributed by atoms with E-state index in [9.17, 15) is 13.2 Å². The Morgan fingerprint density at radius 2 is 1.82 bits per heavy atom. The van der Waals surface area contributed by atoms with E-state index < -0.39 is 10.0 Å². The van der Waals surface area contributed by atoms with E-state index in [1.165, 1.54) is 12.4 Å². The number of hydrogen-bond donors (Lipinski definition) is 2. The third-order valence-electron chi connectivity index (χ3n) is 4.88. The Balaban J connectivity index is 1.50. The molecule has 0 bridgehead atoms. The van der Waals surface area contributed by atoms with Crippen molar-refractivity contribution in [3.8, 4) is 0 Å². The minimum absolute atomic E-state index is 0.0448. The van der Waals surface area contributed by atoms with Crippen molar-refractivity contribution < 1.29 is 13.2 Å². The van der Waals surface area contributed by atoms with Gasteiger partial charge >= 0.3 is 0 Å². The summed E-state index contributed by atoms with van der Waals surface area (Å²) in [6.45, 7) is 2.22. The molecule has 4 rings (SSSR count). The number of carbonyl (C=O) groups is 1. The van der Waals surface area contributed by atoms with Crippen LogP contribution < -0.4 is 10.0 Å². The van der Waals surface area contributed by atoms with Crippen molar-refractivity contribution in [2.75, 3.05) is 10.0 Å². The molecule has 10 heteroatoms. The van der Waals surface area contributed by atoms with Crippen LogP contribution in [-0.4, -0.2) is 29.1 Å². The largest absolute Gasteiger partial charge is 0.322 e. The Morgan fingerprint density at radius 1 is 1.06 bits per heavy atom. The van der Waals surface area contributed by atoms with Crippen LogP contribution in [0.15, 0.2) is 84.3 Å². The second-order valence-corrected chi connectivity index (χ2v) is 9.37. The van der Waals surface area contributed by atoms with Crippen molar-refractivity contribution in [3.05, 3.63) is 101 Å². The Hall–Kier alpha value is -3.69. The molecule has 1 amide bonds. The van der Waals surface area contributed by atoms with Crippen LogP contribution in [0.1, 0.15) is 21.5 Å². The molecule has 0 spiro atoms. The van der Waals surface area contributed by atoms with Gasteiger partial charge in [-0.2, -0.15) is 5.10 Å². The maximum absolute atomic E-state index is 13.0. The van der Waals surface area contributed by atoms with E-state index in [4.69, 9.17) is 11.6 Å². The van der Waals surface area contributed by atoms with E-state index in [0.29, 0.717) is 23.4 Å². The molecule has 2 N–H and O–H groups in total. The number of benzene rings is 3. The molecular weight excluding hydrogens is 462 g/mol. The molecule has 0 aliphatic carbocycles. The normalized spacial score (nSPS) is 11.2. The fraction of sp³-hybridized carbons (Fsp3) is 0.0870. The van der Waals surface area contributed by atoms with Crippen molar-refractivity contribution in [3.63, 3.8) is 0 Å². The number of rotatable bonds is 7. The van der Waals surface area contributed by atoms with Crippen molar-refractivity contribution in [2.45, 2.75) is 18.4 Å². The number of sulfonamides is 1. The van der Waals surface area contributed by atoms with Gasteiger partial charge in [0.25, 0.3) is 15.9 Å². The molecule has 0 saturated carbocycles. The lowest BCUT2D eigenvalue weighted by atomic mass is 10.1. The van der Waals surface area contributed by atoms with Gasteiger partial charge in [0.05, 0.1) is 22.2 Å². The summed E-state index contributed by atoms with van der Waals surface area (Å²) in [5.41, 5.74) is 2.57. The summed E-state index contributed by atoms with van der Waals surface area (Å²) in [4.78, 5) is 16.7. The minimum atomic E-state index is -3.92. The number of halogens is 1. The van der Waals surface area contributed by atoms with Gasteiger partial charge < -0.3 is 5.32 Å². The first kappa shape index (κ1) is 22.5. The van der Waals surface area contributed by atoms with Gasteiger partial charge in [0, 0.05) is 11.3 Å². The molecule has 0 aliphatic heterocycles. The Kier molecular flexibility index (Phi) is 6.43. The topological polar surface area (TPSA) is 106 Å².